The van der Waals surface area contributed by atoms with Gasteiger partial charge in [0.1, 0.15) is 6.61 Å². The Balaban J connectivity index is 2.15. The molecule has 1 aromatic carbocycles. The van der Waals surface area contributed by atoms with E-state index in [0.717, 1.165) is 16.8 Å². The fourth-order valence-electron chi connectivity index (χ4n) is 3.24. The molecule has 0 bridgehead atoms. The zero-order valence-corrected chi connectivity index (χ0v) is 14.3. The fraction of sp³-hybridized carbons (Fsp3) is 0.368. The second-order valence-electron chi connectivity index (χ2n) is 6.38. The van der Waals surface area contributed by atoms with E-state index in [9.17, 15) is 9.59 Å². The number of hydrogen-bond acceptors (Lipinski definition) is 5. The molecule has 0 amide bonds. The molecule has 1 N–H and O–H groups in total. The van der Waals surface area contributed by atoms with Crippen molar-refractivity contribution in [3.8, 4) is 0 Å². The van der Waals surface area contributed by atoms with Crippen molar-refractivity contribution in [2.24, 2.45) is 0 Å². The van der Waals surface area contributed by atoms with Crippen LogP contribution in [0, 0.1) is 6.92 Å². The van der Waals surface area contributed by atoms with Gasteiger partial charge < -0.3 is 14.8 Å². The van der Waals surface area contributed by atoms with E-state index in [0.29, 0.717) is 16.8 Å². The smallest absolute Gasteiger partial charge is 0.337 e. The zero-order chi connectivity index (χ0) is 17.4. The third kappa shape index (κ3) is 2.70. The largest absolute Gasteiger partial charge is 0.460 e. The minimum absolute atomic E-state index is 0.209. The van der Waals surface area contributed by atoms with E-state index < -0.39 is 11.9 Å². The Hall–Kier alpha value is -2.56. The van der Waals surface area contributed by atoms with Crippen molar-refractivity contribution in [3.63, 3.8) is 0 Å². The van der Waals surface area contributed by atoms with Crippen molar-refractivity contribution in [2.75, 3.05) is 6.61 Å². The van der Waals surface area contributed by atoms with E-state index in [1.807, 2.05) is 38.1 Å². The molecule has 0 spiro atoms. The second kappa shape index (κ2) is 6.15. The lowest BCUT2D eigenvalue weighted by molar-refractivity contribution is -0.143. The number of dihydropyridines is 1. The third-order valence-electron chi connectivity index (χ3n) is 4.27. The molecule has 2 aliphatic heterocycles. The van der Waals surface area contributed by atoms with Gasteiger partial charge in [0.05, 0.1) is 28.9 Å². The first-order valence-corrected chi connectivity index (χ1v) is 8.04. The van der Waals surface area contributed by atoms with Gasteiger partial charge in [-0.15, -0.1) is 0 Å². The summed E-state index contributed by atoms with van der Waals surface area (Å²) in [6, 6.07) is 7.76. The Bertz CT molecular complexity index is 773. The van der Waals surface area contributed by atoms with Gasteiger partial charge in [0.2, 0.25) is 0 Å². The maximum atomic E-state index is 12.7. The van der Waals surface area contributed by atoms with Crippen molar-refractivity contribution < 1.29 is 19.1 Å². The number of esters is 2. The molecule has 3 rings (SSSR count). The first-order chi connectivity index (χ1) is 11.4. The van der Waals surface area contributed by atoms with Crippen LogP contribution in [-0.4, -0.2) is 24.6 Å². The van der Waals surface area contributed by atoms with Crippen molar-refractivity contribution in [1.82, 2.24) is 5.32 Å². The van der Waals surface area contributed by atoms with Crippen LogP contribution in [0.4, 0.5) is 0 Å². The molecule has 24 heavy (non-hydrogen) atoms. The summed E-state index contributed by atoms with van der Waals surface area (Å²) in [5.41, 5.74) is 4.33. The summed E-state index contributed by atoms with van der Waals surface area (Å²) < 4.78 is 10.6. The van der Waals surface area contributed by atoms with E-state index in [2.05, 4.69) is 5.32 Å². The van der Waals surface area contributed by atoms with Crippen LogP contribution in [0.2, 0.25) is 0 Å². The number of ether oxygens (including phenoxy) is 2. The Morgan fingerprint density at radius 1 is 1.29 bits per heavy atom. The predicted molar refractivity (Wildman–Crippen MR) is 89.0 cm³/mol. The molecule has 5 heteroatoms. The minimum atomic E-state index is -0.469. The van der Waals surface area contributed by atoms with Gasteiger partial charge in [-0.1, -0.05) is 24.3 Å². The number of aryl methyl sites for hydroxylation is 1. The molecule has 1 aromatic rings. The molecule has 5 nitrogen and oxygen atoms in total. The number of benzene rings is 1. The first-order valence-electron chi connectivity index (χ1n) is 8.04. The van der Waals surface area contributed by atoms with E-state index >= 15 is 0 Å². The molecule has 0 fully saturated rings. The average molecular weight is 327 g/mol. The number of nitrogens with one attached hydrogen (secondary N) is 1. The summed E-state index contributed by atoms with van der Waals surface area (Å²) in [6.07, 6.45) is -0.235. The summed E-state index contributed by atoms with van der Waals surface area (Å²) in [6.45, 7) is 7.62. The van der Waals surface area contributed by atoms with Crippen LogP contribution in [0.1, 0.15) is 37.8 Å². The molecule has 126 valence electrons. The lowest BCUT2D eigenvalue weighted by Crippen LogP contribution is -2.31. The quantitative estimate of drug-likeness (QED) is 0.865. The SMILES string of the molecule is CC1=C(C(=O)OC(C)C)C(c2ccccc2C)C2=C(COC2=O)N1. The number of allylic oxidation sites excluding steroid dienone is 1. The lowest BCUT2D eigenvalue weighted by atomic mass is 9.79. The Morgan fingerprint density at radius 2 is 2.00 bits per heavy atom. The lowest BCUT2D eigenvalue weighted by Gasteiger charge is -2.29. The second-order valence-corrected chi connectivity index (χ2v) is 6.38. The topological polar surface area (TPSA) is 64.6 Å². The van der Waals surface area contributed by atoms with Crippen LogP contribution in [0.25, 0.3) is 0 Å². The van der Waals surface area contributed by atoms with Crippen LogP contribution in [-0.2, 0) is 19.1 Å². The molecule has 0 saturated carbocycles. The molecule has 0 saturated heterocycles. The van der Waals surface area contributed by atoms with Crippen molar-refractivity contribution in [3.05, 3.63) is 57.9 Å². The van der Waals surface area contributed by atoms with Gasteiger partial charge in [-0.2, -0.15) is 0 Å². The molecule has 2 heterocycles. The maximum absolute atomic E-state index is 12.7. The zero-order valence-electron chi connectivity index (χ0n) is 14.3. The van der Waals surface area contributed by atoms with E-state index in [1.54, 1.807) is 13.8 Å². The standard InChI is InChI=1S/C19H21NO4/c1-10(2)24-19(22)15-12(4)20-14-9-23-18(21)17(14)16(15)13-8-6-5-7-11(13)3/h5-8,10,16,20H,9H2,1-4H3. The number of carbonyl (C=O) groups is 2. The number of cyclic esters (lactones) is 1. The molecule has 1 atom stereocenters. The highest BCUT2D eigenvalue weighted by molar-refractivity contribution is 6.01. The number of hydrogen-bond donors (Lipinski definition) is 1. The summed E-state index contributed by atoms with van der Waals surface area (Å²) in [5.74, 6) is -1.26. The van der Waals surface area contributed by atoms with Crippen LogP contribution in [0.15, 0.2) is 46.8 Å². The molecule has 1 unspecified atom stereocenters. The molecule has 0 aromatic heterocycles. The predicted octanol–water partition coefficient (Wildman–Crippen LogP) is 2.72. The number of carbonyl (C=O) groups excluding carboxylic acids is 2. The summed E-state index contributed by atoms with van der Waals surface area (Å²) in [7, 11) is 0. The van der Waals surface area contributed by atoms with Gasteiger partial charge >= 0.3 is 11.9 Å². The van der Waals surface area contributed by atoms with Crippen molar-refractivity contribution >= 4 is 11.9 Å². The molecule has 0 aliphatic carbocycles. The van der Waals surface area contributed by atoms with E-state index in [-0.39, 0.29) is 18.7 Å². The first kappa shape index (κ1) is 16.3. The van der Waals surface area contributed by atoms with Gasteiger partial charge in [0.15, 0.2) is 0 Å². The molecular formula is C19H21NO4. The Morgan fingerprint density at radius 3 is 2.67 bits per heavy atom. The van der Waals surface area contributed by atoms with Gasteiger partial charge in [-0.3, -0.25) is 0 Å². The summed E-state index contributed by atoms with van der Waals surface area (Å²) >= 11 is 0. The van der Waals surface area contributed by atoms with E-state index in [4.69, 9.17) is 9.47 Å². The Kier molecular flexibility index (Phi) is 4.18. The van der Waals surface area contributed by atoms with E-state index in [1.165, 1.54) is 0 Å². The third-order valence-corrected chi connectivity index (χ3v) is 4.27. The molecular weight excluding hydrogens is 306 g/mol. The van der Waals surface area contributed by atoms with Crippen molar-refractivity contribution in [1.29, 1.82) is 0 Å². The highest BCUT2D eigenvalue weighted by atomic mass is 16.5. The maximum Gasteiger partial charge on any atom is 0.337 e. The van der Waals surface area contributed by atoms with Gasteiger partial charge in [0.25, 0.3) is 0 Å². The minimum Gasteiger partial charge on any atom is -0.460 e. The van der Waals surface area contributed by atoms with Crippen LogP contribution < -0.4 is 5.32 Å². The van der Waals surface area contributed by atoms with Crippen LogP contribution >= 0.6 is 0 Å². The molecule has 2 aliphatic rings. The van der Waals surface area contributed by atoms with Crippen molar-refractivity contribution in [2.45, 2.75) is 39.7 Å². The summed E-state index contributed by atoms with van der Waals surface area (Å²) in [5, 5.41) is 3.14. The average Bonchev–Trinajstić information content (AvgIpc) is 2.86. The monoisotopic (exact) mass is 327 g/mol. The summed E-state index contributed by atoms with van der Waals surface area (Å²) in [4.78, 5) is 25.0. The number of rotatable bonds is 3. The van der Waals surface area contributed by atoms with Crippen LogP contribution in [0.3, 0.4) is 0 Å². The highest BCUT2D eigenvalue weighted by Gasteiger charge is 2.42. The van der Waals surface area contributed by atoms with Gasteiger partial charge in [0, 0.05) is 5.70 Å². The Labute approximate surface area is 141 Å². The highest BCUT2D eigenvalue weighted by Crippen LogP contribution is 2.42. The normalized spacial score (nSPS) is 20.0. The molecule has 0 radical (unpaired) electrons. The van der Waals surface area contributed by atoms with Gasteiger partial charge in [-0.05, 0) is 38.8 Å². The van der Waals surface area contributed by atoms with Gasteiger partial charge in [-0.25, -0.2) is 9.59 Å². The van der Waals surface area contributed by atoms with Crippen LogP contribution in [0.5, 0.6) is 0 Å². The fourth-order valence-corrected chi connectivity index (χ4v) is 3.24.